The summed E-state index contributed by atoms with van der Waals surface area (Å²) in [6, 6.07) is 4.69. The van der Waals surface area contributed by atoms with Crippen molar-refractivity contribution in [2.24, 2.45) is 11.3 Å². The van der Waals surface area contributed by atoms with Gasteiger partial charge in [-0.1, -0.05) is 19.9 Å². The molecule has 3 heterocycles. The highest BCUT2D eigenvalue weighted by atomic mass is 16.2. The Bertz CT molecular complexity index is 601. The van der Waals surface area contributed by atoms with Crippen molar-refractivity contribution >= 4 is 11.8 Å². The van der Waals surface area contributed by atoms with Gasteiger partial charge in [0.1, 0.15) is 11.7 Å². The lowest BCUT2D eigenvalue weighted by Gasteiger charge is -2.40. The molecule has 2 amide bonds. The zero-order valence-corrected chi connectivity index (χ0v) is 15.1. The summed E-state index contributed by atoms with van der Waals surface area (Å²) in [7, 11) is 0. The topological polar surface area (TPSA) is 74.3 Å². The Balaban J connectivity index is 1.62. The van der Waals surface area contributed by atoms with Gasteiger partial charge in [0.05, 0.1) is 0 Å². The molecule has 25 heavy (non-hydrogen) atoms. The van der Waals surface area contributed by atoms with Gasteiger partial charge in [-0.25, -0.2) is 0 Å². The number of amides is 2. The molecule has 0 saturated carbocycles. The van der Waals surface area contributed by atoms with E-state index in [1.54, 1.807) is 24.4 Å². The van der Waals surface area contributed by atoms with Gasteiger partial charge in [-0.15, -0.1) is 0 Å². The minimum Gasteiger partial charge on any atom is -0.341 e. The van der Waals surface area contributed by atoms with Crippen LogP contribution >= 0.6 is 0 Å². The molecule has 2 fully saturated rings. The molecule has 2 saturated heterocycles. The van der Waals surface area contributed by atoms with Crippen molar-refractivity contribution in [1.82, 2.24) is 20.5 Å². The summed E-state index contributed by atoms with van der Waals surface area (Å²) in [5.41, 5.74) is 0.719. The molecule has 0 aliphatic carbocycles. The summed E-state index contributed by atoms with van der Waals surface area (Å²) < 4.78 is 0. The molecule has 136 valence electrons. The van der Waals surface area contributed by atoms with E-state index in [1.807, 2.05) is 18.7 Å². The minimum absolute atomic E-state index is 0.0279. The van der Waals surface area contributed by atoms with E-state index in [0.717, 1.165) is 39.0 Å². The first-order valence-electron chi connectivity index (χ1n) is 9.22. The van der Waals surface area contributed by atoms with Crippen LogP contribution in [0.4, 0.5) is 0 Å². The average molecular weight is 344 g/mol. The maximum Gasteiger partial charge on any atom is 0.270 e. The standard InChI is InChI=1S/C19H28N4O2/c1-14(2)16(22-17(24)15-5-3-4-9-21-15)18(25)23-11-7-19(8-12-23)6-10-20-13-19/h3-5,9,14,16,20H,6-8,10-13H2,1-2H3,(H,22,24). The molecule has 1 aromatic rings. The number of piperidine rings is 1. The summed E-state index contributed by atoms with van der Waals surface area (Å²) in [5, 5.41) is 6.33. The Morgan fingerprint density at radius 3 is 2.56 bits per heavy atom. The fourth-order valence-electron chi connectivity index (χ4n) is 3.85. The predicted octanol–water partition coefficient (Wildman–Crippen LogP) is 1.44. The molecule has 2 aliphatic rings. The SMILES string of the molecule is CC(C)C(NC(=O)c1ccccn1)C(=O)N1CCC2(CCNC2)CC1. The molecule has 0 bridgehead atoms. The number of carbonyl (C=O) groups is 2. The molecule has 0 aromatic carbocycles. The second kappa shape index (κ2) is 7.52. The van der Waals surface area contributed by atoms with E-state index in [2.05, 4.69) is 15.6 Å². The lowest BCUT2D eigenvalue weighted by molar-refractivity contribution is -0.136. The molecule has 0 radical (unpaired) electrons. The van der Waals surface area contributed by atoms with Crippen LogP contribution in [0.15, 0.2) is 24.4 Å². The molecule has 6 heteroatoms. The van der Waals surface area contributed by atoms with Gasteiger partial charge in [0, 0.05) is 25.8 Å². The maximum atomic E-state index is 13.0. The number of rotatable bonds is 4. The Hall–Kier alpha value is -1.95. The van der Waals surface area contributed by atoms with Gasteiger partial charge in [0.15, 0.2) is 0 Å². The minimum atomic E-state index is -0.509. The smallest absolute Gasteiger partial charge is 0.270 e. The van der Waals surface area contributed by atoms with Crippen molar-refractivity contribution in [3.63, 3.8) is 0 Å². The summed E-state index contributed by atoms with van der Waals surface area (Å²) in [4.78, 5) is 31.4. The third-order valence-corrected chi connectivity index (χ3v) is 5.58. The zero-order valence-electron chi connectivity index (χ0n) is 15.1. The molecule has 2 aliphatic heterocycles. The quantitative estimate of drug-likeness (QED) is 0.867. The van der Waals surface area contributed by atoms with Crippen LogP contribution in [-0.4, -0.2) is 53.9 Å². The maximum absolute atomic E-state index is 13.0. The number of carbonyl (C=O) groups excluding carboxylic acids is 2. The van der Waals surface area contributed by atoms with Crippen LogP contribution in [0.3, 0.4) is 0 Å². The molecular weight excluding hydrogens is 316 g/mol. The van der Waals surface area contributed by atoms with E-state index in [1.165, 1.54) is 6.42 Å². The zero-order chi connectivity index (χ0) is 17.9. The monoisotopic (exact) mass is 344 g/mol. The summed E-state index contributed by atoms with van der Waals surface area (Å²) in [6.45, 7) is 7.65. The van der Waals surface area contributed by atoms with Crippen molar-refractivity contribution in [2.75, 3.05) is 26.2 Å². The first-order chi connectivity index (χ1) is 12.0. The van der Waals surface area contributed by atoms with Crippen LogP contribution in [-0.2, 0) is 4.79 Å². The highest BCUT2D eigenvalue weighted by molar-refractivity contribution is 5.96. The number of nitrogens with one attached hydrogen (secondary N) is 2. The number of pyridine rings is 1. The normalized spacial score (nSPS) is 20.7. The largest absolute Gasteiger partial charge is 0.341 e. The van der Waals surface area contributed by atoms with Crippen LogP contribution in [0.2, 0.25) is 0 Å². The molecular formula is C19H28N4O2. The van der Waals surface area contributed by atoms with Crippen LogP contribution in [0.1, 0.15) is 43.6 Å². The third kappa shape index (κ3) is 4.00. The molecule has 3 rings (SSSR count). The molecule has 1 spiro atoms. The number of nitrogens with zero attached hydrogens (tertiary/aromatic N) is 2. The van der Waals surface area contributed by atoms with Crippen LogP contribution in [0, 0.1) is 11.3 Å². The molecule has 1 atom stereocenters. The van der Waals surface area contributed by atoms with E-state index in [4.69, 9.17) is 0 Å². The van der Waals surface area contributed by atoms with Crippen molar-refractivity contribution in [3.05, 3.63) is 30.1 Å². The summed E-state index contributed by atoms with van der Waals surface area (Å²) in [6.07, 6.45) is 4.88. The number of aromatic nitrogens is 1. The third-order valence-electron chi connectivity index (χ3n) is 5.58. The lowest BCUT2D eigenvalue weighted by Crippen LogP contribution is -2.54. The number of hydrogen-bond acceptors (Lipinski definition) is 4. The predicted molar refractivity (Wildman–Crippen MR) is 96.1 cm³/mol. The van der Waals surface area contributed by atoms with Crippen LogP contribution < -0.4 is 10.6 Å². The highest BCUT2D eigenvalue weighted by Gasteiger charge is 2.39. The van der Waals surface area contributed by atoms with Gasteiger partial charge < -0.3 is 15.5 Å². The second-order valence-electron chi connectivity index (χ2n) is 7.66. The van der Waals surface area contributed by atoms with Crippen LogP contribution in [0.5, 0.6) is 0 Å². The van der Waals surface area contributed by atoms with Gasteiger partial charge in [0.2, 0.25) is 5.91 Å². The Labute approximate surface area is 149 Å². The first-order valence-corrected chi connectivity index (χ1v) is 9.22. The van der Waals surface area contributed by atoms with Gasteiger partial charge in [-0.2, -0.15) is 0 Å². The van der Waals surface area contributed by atoms with Crippen LogP contribution in [0.25, 0.3) is 0 Å². The van der Waals surface area contributed by atoms with Gasteiger partial charge in [-0.3, -0.25) is 14.6 Å². The fraction of sp³-hybridized carbons (Fsp3) is 0.632. The molecule has 6 nitrogen and oxygen atoms in total. The number of likely N-dealkylation sites (tertiary alicyclic amines) is 1. The van der Waals surface area contributed by atoms with E-state index in [0.29, 0.717) is 11.1 Å². The molecule has 1 unspecified atom stereocenters. The van der Waals surface area contributed by atoms with Crippen molar-refractivity contribution in [1.29, 1.82) is 0 Å². The molecule has 2 N–H and O–H groups in total. The lowest BCUT2D eigenvalue weighted by atomic mass is 9.77. The summed E-state index contributed by atoms with van der Waals surface area (Å²) >= 11 is 0. The average Bonchev–Trinajstić information content (AvgIpc) is 3.08. The second-order valence-corrected chi connectivity index (χ2v) is 7.66. The van der Waals surface area contributed by atoms with E-state index in [9.17, 15) is 9.59 Å². The van der Waals surface area contributed by atoms with Gasteiger partial charge in [-0.05, 0) is 49.3 Å². The molecule has 1 aromatic heterocycles. The van der Waals surface area contributed by atoms with E-state index < -0.39 is 6.04 Å². The Kier molecular flexibility index (Phi) is 5.37. The highest BCUT2D eigenvalue weighted by Crippen LogP contribution is 2.37. The Morgan fingerprint density at radius 2 is 2.00 bits per heavy atom. The van der Waals surface area contributed by atoms with Crippen molar-refractivity contribution < 1.29 is 9.59 Å². The summed E-state index contributed by atoms with van der Waals surface area (Å²) in [5.74, 6) is -0.231. The van der Waals surface area contributed by atoms with Gasteiger partial charge in [0.25, 0.3) is 5.91 Å². The van der Waals surface area contributed by atoms with E-state index >= 15 is 0 Å². The van der Waals surface area contributed by atoms with Crippen molar-refractivity contribution in [3.8, 4) is 0 Å². The fourth-order valence-corrected chi connectivity index (χ4v) is 3.85. The van der Waals surface area contributed by atoms with Gasteiger partial charge >= 0.3 is 0 Å². The van der Waals surface area contributed by atoms with E-state index in [-0.39, 0.29) is 17.7 Å². The first kappa shape index (κ1) is 17.9. The Morgan fingerprint density at radius 1 is 1.24 bits per heavy atom. The van der Waals surface area contributed by atoms with Crippen molar-refractivity contribution in [2.45, 2.75) is 39.2 Å². The number of hydrogen-bond donors (Lipinski definition) is 2.